The molecule has 1 saturated heterocycles. The lowest BCUT2D eigenvalue weighted by Gasteiger charge is -2.36. The fourth-order valence-corrected chi connectivity index (χ4v) is 4.37. The van der Waals surface area contributed by atoms with Gasteiger partial charge in [-0.2, -0.15) is 0 Å². The lowest BCUT2D eigenvalue weighted by Crippen LogP contribution is -2.51. The van der Waals surface area contributed by atoms with Crippen molar-refractivity contribution >= 4 is 17.7 Å². The van der Waals surface area contributed by atoms with Crippen LogP contribution in [0.4, 0.5) is 0 Å². The lowest BCUT2D eigenvalue weighted by molar-refractivity contribution is -0.159. The van der Waals surface area contributed by atoms with Crippen molar-refractivity contribution in [3.05, 3.63) is 34.9 Å². The molecule has 2 aliphatic carbocycles. The average molecular weight is 360 g/mol. The van der Waals surface area contributed by atoms with Gasteiger partial charge in [0.2, 0.25) is 0 Å². The number of aliphatic hydroxyl groups is 1. The Morgan fingerprint density at radius 2 is 2.04 bits per heavy atom. The van der Waals surface area contributed by atoms with Crippen LogP contribution in [0.1, 0.15) is 40.5 Å². The first-order valence-electron chi connectivity index (χ1n) is 8.82. The van der Waals surface area contributed by atoms with Crippen LogP contribution in [0.25, 0.3) is 0 Å². The van der Waals surface area contributed by atoms with Crippen molar-refractivity contribution < 1.29 is 29.0 Å². The summed E-state index contributed by atoms with van der Waals surface area (Å²) in [6.07, 6.45) is 0.360. The Bertz CT molecular complexity index is 773. The summed E-state index contributed by atoms with van der Waals surface area (Å²) in [7, 11) is 0. The Kier molecular flexibility index (Phi) is 4.43. The zero-order chi connectivity index (χ0) is 19.4. The quantitative estimate of drug-likeness (QED) is 0.599. The summed E-state index contributed by atoms with van der Waals surface area (Å²) >= 11 is 0. The van der Waals surface area contributed by atoms with Crippen molar-refractivity contribution in [2.45, 2.75) is 58.3 Å². The highest BCUT2D eigenvalue weighted by Gasteiger charge is 2.63. The maximum atomic E-state index is 12.5. The van der Waals surface area contributed by atoms with Gasteiger partial charge < -0.3 is 14.6 Å². The topological polar surface area (TPSA) is 89.9 Å². The van der Waals surface area contributed by atoms with Crippen LogP contribution >= 0.6 is 0 Å². The van der Waals surface area contributed by atoms with Gasteiger partial charge in [-0.15, -0.1) is 0 Å². The van der Waals surface area contributed by atoms with Gasteiger partial charge >= 0.3 is 11.9 Å². The third-order valence-corrected chi connectivity index (χ3v) is 5.93. The molecule has 6 nitrogen and oxygen atoms in total. The van der Waals surface area contributed by atoms with E-state index in [-0.39, 0.29) is 24.2 Å². The number of Topliss-reactive ketones (excluding diaryl/α,β-unsaturated/α-hetero) is 1. The molecule has 1 heterocycles. The van der Waals surface area contributed by atoms with Gasteiger partial charge in [0.05, 0.1) is 5.92 Å². The number of ether oxygens (including phenoxy) is 2. The molecule has 1 N–H and O–H groups in total. The van der Waals surface area contributed by atoms with E-state index in [1.165, 1.54) is 0 Å². The fraction of sp³-hybridized carbons (Fsp3) is 0.550. The number of allylic oxidation sites excluding steroid dienone is 1. The minimum Gasteiger partial charge on any atom is -0.458 e. The van der Waals surface area contributed by atoms with Gasteiger partial charge in [-0.3, -0.25) is 4.79 Å². The molecule has 26 heavy (non-hydrogen) atoms. The second kappa shape index (κ2) is 6.20. The van der Waals surface area contributed by atoms with Crippen LogP contribution in [0, 0.1) is 11.8 Å². The summed E-state index contributed by atoms with van der Waals surface area (Å²) < 4.78 is 11.1. The predicted molar refractivity (Wildman–Crippen MR) is 92.9 cm³/mol. The van der Waals surface area contributed by atoms with Crippen molar-refractivity contribution in [2.75, 3.05) is 0 Å². The molecular weight excluding hydrogens is 336 g/mol. The van der Waals surface area contributed by atoms with Crippen molar-refractivity contribution in [2.24, 2.45) is 11.8 Å². The largest absolute Gasteiger partial charge is 0.458 e. The van der Waals surface area contributed by atoms with Gasteiger partial charge in [0, 0.05) is 35.5 Å². The number of carbonyl (C=O) groups excluding carboxylic acids is 3. The number of carbonyl (C=O) groups is 3. The Morgan fingerprint density at radius 3 is 2.65 bits per heavy atom. The van der Waals surface area contributed by atoms with E-state index < -0.39 is 41.6 Å². The van der Waals surface area contributed by atoms with E-state index in [4.69, 9.17) is 9.47 Å². The first-order valence-corrected chi connectivity index (χ1v) is 8.82. The number of rotatable bonds is 2. The van der Waals surface area contributed by atoms with E-state index in [0.717, 1.165) is 0 Å². The number of fused-ring (bicyclic) bond motifs is 3. The van der Waals surface area contributed by atoms with Gasteiger partial charge in [0.25, 0.3) is 0 Å². The van der Waals surface area contributed by atoms with Crippen molar-refractivity contribution in [3.63, 3.8) is 0 Å². The molecule has 3 aliphatic rings. The molecule has 0 amide bonds. The summed E-state index contributed by atoms with van der Waals surface area (Å²) in [6.45, 7) is 10.7. The minimum atomic E-state index is -1.59. The van der Waals surface area contributed by atoms with Gasteiger partial charge in [0.1, 0.15) is 17.8 Å². The van der Waals surface area contributed by atoms with Crippen molar-refractivity contribution in [3.8, 4) is 0 Å². The molecule has 5 unspecified atom stereocenters. The molecular formula is C20H24O6. The Hall–Kier alpha value is -2.21. The fourth-order valence-electron chi connectivity index (χ4n) is 4.37. The highest BCUT2D eigenvalue weighted by Crippen LogP contribution is 2.52. The highest BCUT2D eigenvalue weighted by atomic mass is 16.6. The molecule has 2 fully saturated rings. The lowest BCUT2D eigenvalue weighted by atomic mass is 9.77. The molecule has 1 aliphatic heterocycles. The zero-order valence-electron chi connectivity index (χ0n) is 15.5. The van der Waals surface area contributed by atoms with Crippen molar-refractivity contribution in [1.82, 2.24) is 0 Å². The maximum Gasteiger partial charge on any atom is 0.334 e. The smallest absolute Gasteiger partial charge is 0.334 e. The molecule has 5 atom stereocenters. The Balaban J connectivity index is 2.10. The van der Waals surface area contributed by atoms with Crippen LogP contribution in [-0.2, 0) is 23.9 Å². The number of esters is 2. The monoisotopic (exact) mass is 360 g/mol. The molecule has 0 aromatic rings. The van der Waals surface area contributed by atoms with E-state index in [9.17, 15) is 19.5 Å². The summed E-state index contributed by atoms with van der Waals surface area (Å²) in [6, 6.07) is 0. The van der Waals surface area contributed by atoms with Crippen molar-refractivity contribution in [1.29, 1.82) is 0 Å². The van der Waals surface area contributed by atoms with Crippen LogP contribution < -0.4 is 0 Å². The first-order chi connectivity index (χ1) is 12.1. The summed E-state index contributed by atoms with van der Waals surface area (Å²) in [4.78, 5) is 37.0. The molecule has 0 radical (unpaired) electrons. The van der Waals surface area contributed by atoms with Gasteiger partial charge in [-0.25, -0.2) is 9.59 Å². The summed E-state index contributed by atoms with van der Waals surface area (Å²) in [5.41, 5.74) is -0.0207. The molecule has 0 aromatic heterocycles. The van der Waals surface area contributed by atoms with Crippen LogP contribution in [0.3, 0.4) is 0 Å². The normalized spacial score (nSPS) is 37.3. The third kappa shape index (κ3) is 2.47. The molecule has 1 saturated carbocycles. The van der Waals surface area contributed by atoms with Crippen LogP contribution in [0.2, 0.25) is 0 Å². The Morgan fingerprint density at radius 1 is 1.38 bits per heavy atom. The number of hydrogen-bond acceptors (Lipinski definition) is 6. The van der Waals surface area contributed by atoms with Crippen LogP contribution in [-0.4, -0.2) is 40.6 Å². The van der Waals surface area contributed by atoms with E-state index in [2.05, 4.69) is 6.58 Å². The molecule has 0 spiro atoms. The van der Waals surface area contributed by atoms with E-state index >= 15 is 0 Å². The second-order valence-corrected chi connectivity index (χ2v) is 7.51. The van der Waals surface area contributed by atoms with E-state index in [1.54, 1.807) is 33.8 Å². The first kappa shape index (κ1) is 18.6. The predicted octanol–water partition coefficient (Wildman–Crippen LogP) is 2.02. The molecule has 0 aromatic carbocycles. The zero-order valence-corrected chi connectivity index (χ0v) is 15.5. The molecule has 140 valence electrons. The van der Waals surface area contributed by atoms with E-state index in [0.29, 0.717) is 16.7 Å². The van der Waals surface area contributed by atoms with Crippen LogP contribution in [0.5, 0.6) is 0 Å². The molecule has 0 bridgehead atoms. The number of ketones is 1. The van der Waals surface area contributed by atoms with E-state index in [1.807, 2.05) is 0 Å². The third-order valence-electron chi connectivity index (χ3n) is 5.93. The van der Waals surface area contributed by atoms with Gasteiger partial charge in [-0.1, -0.05) is 25.2 Å². The maximum absolute atomic E-state index is 12.5. The summed E-state index contributed by atoms with van der Waals surface area (Å²) in [5.74, 6) is -2.37. The second-order valence-electron chi connectivity index (χ2n) is 7.51. The Labute approximate surface area is 152 Å². The SMILES string of the molecule is C=C1C(=O)OC2C1C(OC(=O)C(C)=CC)CC(C)=C1C(=O)CC(C)C12O. The minimum absolute atomic E-state index is 0.151. The van der Waals surface area contributed by atoms with Gasteiger partial charge in [-0.05, 0) is 20.8 Å². The van der Waals surface area contributed by atoms with Gasteiger partial charge in [0.15, 0.2) is 5.78 Å². The molecule has 6 heteroatoms. The summed E-state index contributed by atoms with van der Waals surface area (Å²) in [5, 5.41) is 11.5. The van der Waals surface area contributed by atoms with Crippen LogP contribution in [0.15, 0.2) is 34.9 Å². The average Bonchev–Trinajstić information content (AvgIpc) is 2.96. The number of hydrogen-bond donors (Lipinski definition) is 1. The highest BCUT2D eigenvalue weighted by molar-refractivity contribution is 6.02. The molecule has 3 rings (SSSR count). The standard InChI is InChI=1S/C20H24O6/c1-6-9(2)18(22)25-14-7-10(3)16-13(21)8-11(4)20(16,24)17-15(14)12(5)19(23)26-17/h6,11,14-15,17,24H,5,7-8H2,1-4H3.